The molecule has 1 aliphatic carbocycles. The number of hydrogen-bond acceptors (Lipinski definition) is 4. The van der Waals surface area contributed by atoms with Crippen molar-refractivity contribution < 1.29 is 18.7 Å². The Morgan fingerprint density at radius 3 is 2.40 bits per heavy atom. The lowest BCUT2D eigenvalue weighted by Gasteiger charge is -2.40. The van der Waals surface area contributed by atoms with Gasteiger partial charge in [0.15, 0.2) is 26.0 Å². The summed E-state index contributed by atoms with van der Waals surface area (Å²) in [5, 5.41) is 0.118. The molecular formula is C15H26O4Si. The standard InChI is InChI=1S/C15H26O4Si/c1-14(2,3)20(6,7)19-11-9-8-10(16)12-13(11)18-15(4,5)17-12/h8-9,11-13H,1-7H3/t11-,12-,13+/m1/s1. The van der Waals surface area contributed by atoms with E-state index in [4.69, 9.17) is 13.9 Å². The van der Waals surface area contributed by atoms with Gasteiger partial charge in [-0.3, -0.25) is 4.79 Å². The van der Waals surface area contributed by atoms with Gasteiger partial charge in [0.05, 0.1) is 6.10 Å². The second-order valence-electron chi connectivity index (χ2n) is 7.63. The van der Waals surface area contributed by atoms with Crippen LogP contribution in [0.5, 0.6) is 0 Å². The predicted octanol–water partition coefficient (Wildman–Crippen LogP) is 3.04. The van der Waals surface area contributed by atoms with Crippen molar-refractivity contribution >= 4 is 14.1 Å². The van der Waals surface area contributed by atoms with Crippen LogP contribution in [0.15, 0.2) is 12.2 Å². The SMILES string of the molecule is CC1(C)O[C@@H]2[C@H](O1)C(=O)C=C[C@H]2O[Si](C)(C)C(C)(C)C. The van der Waals surface area contributed by atoms with Gasteiger partial charge in [0, 0.05) is 0 Å². The maximum absolute atomic E-state index is 11.9. The van der Waals surface area contributed by atoms with E-state index in [0.717, 1.165) is 0 Å². The molecule has 0 aromatic heterocycles. The highest BCUT2D eigenvalue weighted by molar-refractivity contribution is 6.74. The molecule has 0 bridgehead atoms. The Morgan fingerprint density at radius 1 is 1.25 bits per heavy atom. The van der Waals surface area contributed by atoms with Gasteiger partial charge >= 0.3 is 0 Å². The molecule has 5 heteroatoms. The second-order valence-corrected chi connectivity index (χ2v) is 12.4. The molecule has 0 saturated carbocycles. The zero-order valence-corrected chi connectivity index (χ0v) is 14.5. The molecule has 114 valence electrons. The summed E-state index contributed by atoms with van der Waals surface area (Å²) < 4.78 is 18.0. The third-order valence-corrected chi connectivity index (χ3v) is 8.89. The smallest absolute Gasteiger partial charge is 0.193 e. The highest BCUT2D eigenvalue weighted by Gasteiger charge is 2.51. The lowest BCUT2D eigenvalue weighted by molar-refractivity contribution is -0.155. The van der Waals surface area contributed by atoms with Crippen molar-refractivity contribution in [1.29, 1.82) is 0 Å². The highest BCUT2D eigenvalue weighted by atomic mass is 28.4. The molecule has 0 aromatic rings. The lowest BCUT2D eigenvalue weighted by Crippen LogP contribution is -2.51. The third-order valence-electron chi connectivity index (χ3n) is 4.42. The molecule has 0 spiro atoms. The Hall–Kier alpha value is -0.493. The first-order valence-corrected chi connectivity index (χ1v) is 10.1. The fourth-order valence-electron chi connectivity index (χ4n) is 2.27. The first-order chi connectivity index (χ1) is 8.93. The summed E-state index contributed by atoms with van der Waals surface area (Å²) >= 11 is 0. The molecule has 20 heavy (non-hydrogen) atoms. The molecule has 3 atom stereocenters. The topological polar surface area (TPSA) is 44.8 Å². The van der Waals surface area contributed by atoms with Crippen molar-refractivity contribution in [2.75, 3.05) is 0 Å². The van der Waals surface area contributed by atoms with Crippen LogP contribution in [0, 0.1) is 0 Å². The minimum absolute atomic E-state index is 0.0318. The molecular weight excluding hydrogens is 272 g/mol. The number of carbonyl (C=O) groups is 1. The molecule has 0 amide bonds. The Labute approximate surface area is 122 Å². The van der Waals surface area contributed by atoms with Crippen molar-refractivity contribution in [2.24, 2.45) is 0 Å². The maximum atomic E-state index is 11.9. The molecule has 4 nitrogen and oxygen atoms in total. The largest absolute Gasteiger partial charge is 0.408 e. The van der Waals surface area contributed by atoms with E-state index in [-0.39, 0.29) is 23.0 Å². The van der Waals surface area contributed by atoms with Crippen molar-refractivity contribution in [3.63, 3.8) is 0 Å². The first-order valence-electron chi connectivity index (χ1n) is 7.18. The van der Waals surface area contributed by atoms with Crippen LogP contribution in [0.3, 0.4) is 0 Å². The van der Waals surface area contributed by atoms with E-state index in [0.29, 0.717) is 0 Å². The van der Waals surface area contributed by atoms with Crippen molar-refractivity contribution in [2.45, 2.75) is 76.8 Å². The van der Waals surface area contributed by atoms with Crippen LogP contribution >= 0.6 is 0 Å². The van der Waals surface area contributed by atoms with E-state index in [9.17, 15) is 4.79 Å². The Kier molecular flexibility index (Phi) is 3.78. The second kappa shape index (κ2) is 4.76. The molecule has 0 N–H and O–H groups in total. The van der Waals surface area contributed by atoms with Crippen LogP contribution in [-0.4, -0.2) is 38.2 Å². The summed E-state index contributed by atoms with van der Waals surface area (Å²) in [5.41, 5.74) is 0. The van der Waals surface area contributed by atoms with E-state index in [1.807, 2.05) is 19.9 Å². The number of rotatable bonds is 2. The number of ether oxygens (including phenoxy) is 2. The molecule has 1 heterocycles. The van der Waals surface area contributed by atoms with E-state index in [1.54, 1.807) is 6.08 Å². The fourth-order valence-corrected chi connectivity index (χ4v) is 3.51. The van der Waals surface area contributed by atoms with Gasteiger partial charge in [0.25, 0.3) is 0 Å². The summed E-state index contributed by atoms with van der Waals surface area (Å²) in [6, 6.07) is 0. The van der Waals surface area contributed by atoms with Gasteiger partial charge in [-0.15, -0.1) is 0 Å². The zero-order valence-electron chi connectivity index (χ0n) is 13.5. The minimum Gasteiger partial charge on any atom is -0.408 e. The number of fused-ring (bicyclic) bond motifs is 1. The van der Waals surface area contributed by atoms with E-state index in [2.05, 4.69) is 33.9 Å². The normalized spacial score (nSPS) is 33.4. The number of hydrogen-bond donors (Lipinski definition) is 0. The summed E-state index contributed by atoms with van der Waals surface area (Å²) in [6.07, 6.45) is 2.32. The lowest BCUT2D eigenvalue weighted by atomic mass is 9.98. The molecule has 1 aliphatic heterocycles. The summed E-state index contributed by atoms with van der Waals surface area (Å²) in [4.78, 5) is 11.9. The van der Waals surface area contributed by atoms with Gasteiger partial charge in [-0.2, -0.15) is 0 Å². The summed E-state index contributed by atoms with van der Waals surface area (Å²) in [6.45, 7) is 14.7. The van der Waals surface area contributed by atoms with Crippen molar-refractivity contribution in [1.82, 2.24) is 0 Å². The van der Waals surface area contributed by atoms with Crippen molar-refractivity contribution in [3.8, 4) is 0 Å². The Bertz CT molecular complexity index is 434. The zero-order chi connectivity index (χ0) is 15.3. The Morgan fingerprint density at radius 2 is 1.85 bits per heavy atom. The van der Waals surface area contributed by atoms with Crippen LogP contribution in [0.2, 0.25) is 18.1 Å². The monoisotopic (exact) mass is 298 g/mol. The first kappa shape index (κ1) is 15.9. The van der Waals surface area contributed by atoms with Gasteiger partial charge in [0.1, 0.15) is 6.10 Å². The van der Waals surface area contributed by atoms with Gasteiger partial charge in [-0.25, -0.2) is 0 Å². The fraction of sp³-hybridized carbons (Fsp3) is 0.800. The van der Waals surface area contributed by atoms with Gasteiger partial charge in [-0.05, 0) is 38.1 Å². The predicted molar refractivity (Wildman–Crippen MR) is 80.0 cm³/mol. The number of carbonyl (C=O) groups excluding carboxylic acids is 1. The van der Waals surface area contributed by atoms with Gasteiger partial charge in [0.2, 0.25) is 0 Å². The average Bonchev–Trinajstić information content (AvgIpc) is 2.57. The molecule has 1 saturated heterocycles. The molecule has 0 aromatic carbocycles. The average molecular weight is 298 g/mol. The number of ketones is 1. The van der Waals surface area contributed by atoms with E-state index < -0.39 is 20.2 Å². The van der Waals surface area contributed by atoms with Crippen LogP contribution in [-0.2, 0) is 18.7 Å². The molecule has 2 rings (SSSR count). The van der Waals surface area contributed by atoms with Crippen LogP contribution in [0.4, 0.5) is 0 Å². The van der Waals surface area contributed by atoms with Crippen LogP contribution < -0.4 is 0 Å². The van der Waals surface area contributed by atoms with Crippen molar-refractivity contribution in [3.05, 3.63) is 12.2 Å². The third kappa shape index (κ3) is 2.91. The van der Waals surface area contributed by atoms with Crippen LogP contribution in [0.25, 0.3) is 0 Å². The quantitative estimate of drug-likeness (QED) is 0.735. The van der Waals surface area contributed by atoms with E-state index in [1.165, 1.54) is 0 Å². The maximum Gasteiger partial charge on any atom is 0.193 e. The van der Waals surface area contributed by atoms with Gasteiger partial charge < -0.3 is 13.9 Å². The molecule has 1 fully saturated rings. The minimum atomic E-state index is -1.92. The molecule has 0 unspecified atom stereocenters. The van der Waals surface area contributed by atoms with Gasteiger partial charge in [-0.1, -0.05) is 26.8 Å². The van der Waals surface area contributed by atoms with Crippen LogP contribution in [0.1, 0.15) is 34.6 Å². The molecule has 2 aliphatic rings. The summed E-state index contributed by atoms with van der Waals surface area (Å²) in [7, 11) is -1.92. The highest BCUT2D eigenvalue weighted by Crippen LogP contribution is 2.41. The summed E-state index contributed by atoms with van der Waals surface area (Å²) in [5.74, 6) is -0.762. The molecule has 0 radical (unpaired) electrons. The Balaban J connectivity index is 2.21. The van der Waals surface area contributed by atoms with E-state index >= 15 is 0 Å².